The highest BCUT2D eigenvalue weighted by Gasteiger charge is 2.39. The molecule has 1 atom stereocenters. The summed E-state index contributed by atoms with van der Waals surface area (Å²) in [5.41, 5.74) is 1.76. The predicted molar refractivity (Wildman–Crippen MR) is 118 cm³/mol. The standard InChI is InChI=1S/C21H28N2O6S2/c1-15-6-8-20(18(12-15)28-4)30(24,25)22-10-11-23(17(3)14-22)31(26,27)21-9-7-16(2)13-19(21)29-5/h6-9,12-13,17H,10-11,14H2,1-5H3. The van der Waals surface area contributed by atoms with Gasteiger partial charge in [0, 0.05) is 25.7 Å². The van der Waals surface area contributed by atoms with Crippen molar-refractivity contribution in [3.63, 3.8) is 0 Å². The van der Waals surface area contributed by atoms with Crippen molar-refractivity contribution < 1.29 is 26.3 Å². The number of rotatable bonds is 6. The molecule has 1 aliphatic rings. The van der Waals surface area contributed by atoms with E-state index < -0.39 is 26.1 Å². The lowest BCUT2D eigenvalue weighted by Gasteiger charge is -2.38. The van der Waals surface area contributed by atoms with Crippen molar-refractivity contribution in [2.75, 3.05) is 33.9 Å². The highest BCUT2D eigenvalue weighted by atomic mass is 32.2. The fourth-order valence-corrected chi connectivity index (χ4v) is 7.12. The Hall–Kier alpha value is -2.14. The summed E-state index contributed by atoms with van der Waals surface area (Å²) in [6.45, 7) is 5.51. The largest absolute Gasteiger partial charge is 0.495 e. The fourth-order valence-electron chi connectivity index (χ4n) is 3.72. The van der Waals surface area contributed by atoms with Crippen LogP contribution in [0.25, 0.3) is 0 Å². The van der Waals surface area contributed by atoms with Crippen LogP contribution in [0, 0.1) is 13.8 Å². The minimum atomic E-state index is -3.86. The van der Waals surface area contributed by atoms with Crippen molar-refractivity contribution in [1.29, 1.82) is 0 Å². The number of ether oxygens (including phenoxy) is 2. The summed E-state index contributed by atoms with van der Waals surface area (Å²) < 4.78 is 66.3. The molecule has 0 amide bonds. The molecule has 1 heterocycles. The molecule has 1 unspecified atom stereocenters. The van der Waals surface area contributed by atoms with Gasteiger partial charge in [0.1, 0.15) is 21.3 Å². The van der Waals surface area contributed by atoms with Gasteiger partial charge < -0.3 is 9.47 Å². The molecular formula is C21H28N2O6S2. The Morgan fingerprint density at radius 2 is 1.29 bits per heavy atom. The molecule has 2 aromatic carbocycles. The van der Waals surface area contributed by atoms with Crippen LogP contribution < -0.4 is 9.47 Å². The number of piperazine rings is 1. The van der Waals surface area contributed by atoms with Gasteiger partial charge in [0.2, 0.25) is 20.0 Å². The summed E-state index contributed by atoms with van der Waals surface area (Å²) in [4.78, 5) is 0.147. The Labute approximate surface area is 184 Å². The van der Waals surface area contributed by atoms with Gasteiger partial charge in [-0.3, -0.25) is 0 Å². The maximum atomic E-state index is 13.3. The van der Waals surface area contributed by atoms with Crippen LogP contribution in [0.2, 0.25) is 0 Å². The van der Waals surface area contributed by atoms with E-state index in [-0.39, 0.29) is 40.9 Å². The third-order valence-corrected chi connectivity index (χ3v) is 9.33. The van der Waals surface area contributed by atoms with Gasteiger partial charge in [0.15, 0.2) is 0 Å². The summed E-state index contributed by atoms with van der Waals surface area (Å²) in [5, 5.41) is 0. The van der Waals surface area contributed by atoms with E-state index in [4.69, 9.17) is 9.47 Å². The van der Waals surface area contributed by atoms with E-state index >= 15 is 0 Å². The van der Waals surface area contributed by atoms with Crippen LogP contribution in [-0.2, 0) is 20.0 Å². The summed E-state index contributed by atoms with van der Waals surface area (Å²) in [6, 6.07) is 9.25. The predicted octanol–water partition coefficient (Wildman–Crippen LogP) is 2.40. The molecule has 170 valence electrons. The first kappa shape index (κ1) is 23.5. The second kappa shape index (κ2) is 8.78. The molecule has 0 radical (unpaired) electrons. The zero-order chi connectivity index (χ0) is 23.0. The minimum Gasteiger partial charge on any atom is -0.495 e. The Bertz CT molecular complexity index is 1180. The van der Waals surface area contributed by atoms with Crippen molar-refractivity contribution in [3.05, 3.63) is 47.5 Å². The summed E-state index contributed by atoms with van der Waals surface area (Å²) in [7, 11) is -4.85. The molecule has 10 heteroatoms. The van der Waals surface area contributed by atoms with E-state index in [2.05, 4.69) is 0 Å². The second-order valence-corrected chi connectivity index (χ2v) is 11.4. The number of hydrogen-bond acceptors (Lipinski definition) is 6. The number of nitrogens with zero attached hydrogens (tertiary/aromatic N) is 2. The molecular weight excluding hydrogens is 440 g/mol. The Balaban J connectivity index is 1.89. The van der Waals surface area contributed by atoms with Gasteiger partial charge in [-0.2, -0.15) is 8.61 Å². The molecule has 1 fully saturated rings. The lowest BCUT2D eigenvalue weighted by Crippen LogP contribution is -2.55. The van der Waals surface area contributed by atoms with Crippen LogP contribution in [0.3, 0.4) is 0 Å². The van der Waals surface area contributed by atoms with E-state index in [9.17, 15) is 16.8 Å². The molecule has 0 saturated carbocycles. The maximum absolute atomic E-state index is 13.3. The molecule has 0 N–H and O–H groups in total. The van der Waals surface area contributed by atoms with Crippen LogP contribution in [0.4, 0.5) is 0 Å². The van der Waals surface area contributed by atoms with Gasteiger partial charge >= 0.3 is 0 Å². The minimum absolute atomic E-state index is 0.0345. The molecule has 0 aliphatic carbocycles. The fraction of sp³-hybridized carbons (Fsp3) is 0.429. The van der Waals surface area contributed by atoms with Crippen molar-refractivity contribution in [2.24, 2.45) is 0 Å². The molecule has 1 saturated heterocycles. The number of methoxy groups -OCH3 is 2. The number of benzene rings is 2. The molecule has 31 heavy (non-hydrogen) atoms. The molecule has 1 aliphatic heterocycles. The Morgan fingerprint density at radius 1 is 0.806 bits per heavy atom. The normalized spacial score (nSPS) is 18.7. The van der Waals surface area contributed by atoms with Crippen molar-refractivity contribution >= 4 is 20.0 Å². The van der Waals surface area contributed by atoms with Crippen LogP contribution in [0.5, 0.6) is 11.5 Å². The lowest BCUT2D eigenvalue weighted by molar-refractivity contribution is 0.212. The zero-order valence-corrected chi connectivity index (χ0v) is 20.0. The molecule has 0 bridgehead atoms. The van der Waals surface area contributed by atoms with E-state index in [0.717, 1.165) is 11.1 Å². The van der Waals surface area contributed by atoms with Crippen molar-refractivity contribution in [2.45, 2.75) is 36.6 Å². The van der Waals surface area contributed by atoms with Crippen LogP contribution in [-0.4, -0.2) is 65.3 Å². The third-order valence-electron chi connectivity index (χ3n) is 5.37. The van der Waals surface area contributed by atoms with Crippen molar-refractivity contribution in [1.82, 2.24) is 8.61 Å². The van der Waals surface area contributed by atoms with Gasteiger partial charge in [-0.1, -0.05) is 12.1 Å². The quantitative estimate of drug-likeness (QED) is 0.646. The third kappa shape index (κ3) is 4.43. The smallest absolute Gasteiger partial charge is 0.247 e. The Kier molecular flexibility index (Phi) is 6.66. The summed E-state index contributed by atoms with van der Waals surface area (Å²) >= 11 is 0. The van der Waals surface area contributed by atoms with E-state index in [1.54, 1.807) is 31.2 Å². The first-order valence-electron chi connectivity index (χ1n) is 9.83. The van der Waals surface area contributed by atoms with Crippen LogP contribution >= 0.6 is 0 Å². The topological polar surface area (TPSA) is 93.2 Å². The van der Waals surface area contributed by atoms with Crippen LogP contribution in [0.15, 0.2) is 46.2 Å². The van der Waals surface area contributed by atoms with E-state index in [1.807, 2.05) is 13.8 Å². The molecule has 0 aromatic heterocycles. The van der Waals surface area contributed by atoms with Gasteiger partial charge in [0.25, 0.3) is 0 Å². The lowest BCUT2D eigenvalue weighted by atomic mass is 10.2. The molecule has 3 rings (SSSR count). The molecule has 2 aromatic rings. The average molecular weight is 469 g/mol. The maximum Gasteiger partial charge on any atom is 0.247 e. The van der Waals surface area contributed by atoms with E-state index in [1.165, 1.54) is 35.0 Å². The SMILES string of the molecule is COc1cc(C)ccc1S(=O)(=O)N1CCN(S(=O)(=O)c2ccc(C)cc2OC)C(C)C1. The highest BCUT2D eigenvalue weighted by Crippen LogP contribution is 2.32. The van der Waals surface area contributed by atoms with E-state index in [0.29, 0.717) is 0 Å². The van der Waals surface area contributed by atoms with Crippen LogP contribution in [0.1, 0.15) is 18.1 Å². The molecule has 8 nitrogen and oxygen atoms in total. The first-order valence-corrected chi connectivity index (χ1v) is 12.7. The first-order chi connectivity index (χ1) is 14.5. The monoisotopic (exact) mass is 468 g/mol. The highest BCUT2D eigenvalue weighted by molar-refractivity contribution is 7.89. The Morgan fingerprint density at radius 3 is 1.74 bits per heavy atom. The summed E-state index contributed by atoms with van der Waals surface area (Å²) in [5.74, 6) is 0.540. The second-order valence-electron chi connectivity index (χ2n) is 7.64. The molecule has 0 spiro atoms. The average Bonchev–Trinajstić information content (AvgIpc) is 2.72. The van der Waals surface area contributed by atoms with Gasteiger partial charge in [-0.15, -0.1) is 0 Å². The van der Waals surface area contributed by atoms with Gasteiger partial charge in [-0.25, -0.2) is 16.8 Å². The van der Waals surface area contributed by atoms with Gasteiger partial charge in [0.05, 0.1) is 14.2 Å². The van der Waals surface area contributed by atoms with Gasteiger partial charge in [-0.05, 0) is 56.2 Å². The number of hydrogen-bond donors (Lipinski definition) is 0. The zero-order valence-electron chi connectivity index (χ0n) is 18.3. The summed E-state index contributed by atoms with van der Waals surface area (Å²) in [6.07, 6.45) is 0. The van der Waals surface area contributed by atoms with Crippen molar-refractivity contribution in [3.8, 4) is 11.5 Å². The number of aryl methyl sites for hydroxylation is 2. The number of sulfonamides is 2.